The Labute approximate surface area is 155 Å². The zero-order valence-electron chi connectivity index (χ0n) is 15.4. The van der Waals surface area contributed by atoms with Gasteiger partial charge in [0.05, 0.1) is 12.3 Å². The summed E-state index contributed by atoms with van der Waals surface area (Å²) in [5, 5.41) is 0. The van der Waals surface area contributed by atoms with Crippen molar-refractivity contribution < 1.29 is 14.3 Å². The fourth-order valence-corrected chi connectivity index (χ4v) is 4.82. The molecule has 3 heterocycles. The molecule has 0 radical (unpaired) electrons. The maximum Gasteiger partial charge on any atom is 0.228 e. The molecule has 2 amide bonds. The lowest BCUT2D eigenvalue weighted by Gasteiger charge is -2.38. The number of hydrogen-bond acceptors (Lipinski definition) is 3. The highest BCUT2D eigenvalue weighted by Crippen LogP contribution is 2.45. The van der Waals surface area contributed by atoms with Crippen LogP contribution in [0.4, 0.5) is 0 Å². The zero-order valence-corrected chi connectivity index (χ0v) is 15.4. The van der Waals surface area contributed by atoms with Gasteiger partial charge in [-0.3, -0.25) is 9.59 Å². The van der Waals surface area contributed by atoms with Crippen LogP contribution in [0, 0.1) is 11.3 Å². The van der Waals surface area contributed by atoms with Crippen molar-refractivity contribution in [3.05, 3.63) is 35.9 Å². The Balaban J connectivity index is 1.51. The molecule has 1 unspecified atom stereocenters. The molecule has 3 aliphatic rings. The summed E-state index contributed by atoms with van der Waals surface area (Å²) in [5.41, 5.74) is 0.942. The van der Waals surface area contributed by atoms with Gasteiger partial charge in [0.25, 0.3) is 0 Å². The Morgan fingerprint density at radius 2 is 1.73 bits per heavy atom. The van der Waals surface area contributed by atoms with Crippen molar-refractivity contribution >= 4 is 11.8 Å². The molecule has 1 aromatic rings. The van der Waals surface area contributed by atoms with Crippen molar-refractivity contribution in [3.63, 3.8) is 0 Å². The average Bonchev–Trinajstić information content (AvgIpc) is 3.32. The number of rotatable bonds is 3. The first-order chi connectivity index (χ1) is 12.7. The third-order valence-corrected chi connectivity index (χ3v) is 6.40. The number of hydrogen-bond donors (Lipinski definition) is 0. The second-order valence-electron chi connectivity index (χ2n) is 8.00. The van der Waals surface area contributed by atoms with Gasteiger partial charge in [0.1, 0.15) is 0 Å². The largest absolute Gasteiger partial charge is 0.381 e. The second-order valence-corrected chi connectivity index (χ2v) is 8.00. The van der Waals surface area contributed by atoms with Gasteiger partial charge in [-0.1, -0.05) is 30.3 Å². The van der Waals surface area contributed by atoms with E-state index in [1.165, 1.54) is 0 Å². The molecule has 1 aromatic carbocycles. The Bertz CT molecular complexity index is 648. The van der Waals surface area contributed by atoms with E-state index in [4.69, 9.17) is 4.74 Å². The molecule has 0 bridgehead atoms. The minimum atomic E-state index is -0.0930. The van der Waals surface area contributed by atoms with Gasteiger partial charge in [0.2, 0.25) is 11.8 Å². The van der Waals surface area contributed by atoms with Crippen molar-refractivity contribution in [2.24, 2.45) is 11.3 Å². The number of nitrogens with zero attached hydrogens (tertiary/aromatic N) is 2. The lowest BCUT2D eigenvalue weighted by atomic mass is 9.71. The smallest absolute Gasteiger partial charge is 0.228 e. The molecule has 1 spiro atoms. The summed E-state index contributed by atoms with van der Waals surface area (Å²) in [4.78, 5) is 30.1. The van der Waals surface area contributed by atoms with Crippen molar-refractivity contribution in [1.82, 2.24) is 9.80 Å². The van der Waals surface area contributed by atoms with Gasteiger partial charge in [-0.25, -0.2) is 0 Å². The summed E-state index contributed by atoms with van der Waals surface area (Å²) in [6.07, 6.45) is 4.38. The molecule has 0 aromatic heterocycles. The Morgan fingerprint density at radius 3 is 2.42 bits per heavy atom. The molecular formula is C21H28N2O3. The van der Waals surface area contributed by atoms with Crippen LogP contribution in [0.15, 0.2) is 30.3 Å². The van der Waals surface area contributed by atoms with Gasteiger partial charge in [-0.15, -0.1) is 0 Å². The number of carbonyl (C=O) groups excluding carboxylic acids is 2. The molecule has 0 N–H and O–H groups in total. The van der Waals surface area contributed by atoms with E-state index in [1.54, 1.807) is 0 Å². The lowest BCUT2D eigenvalue weighted by molar-refractivity contribution is -0.139. The van der Waals surface area contributed by atoms with Crippen LogP contribution >= 0.6 is 0 Å². The van der Waals surface area contributed by atoms with E-state index < -0.39 is 0 Å². The van der Waals surface area contributed by atoms with E-state index in [2.05, 4.69) is 0 Å². The highest BCUT2D eigenvalue weighted by Gasteiger charge is 2.52. The molecule has 3 saturated heterocycles. The van der Waals surface area contributed by atoms with Gasteiger partial charge >= 0.3 is 0 Å². The first-order valence-corrected chi connectivity index (χ1v) is 9.86. The van der Waals surface area contributed by atoms with E-state index in [9.17, 15) is 9.59 Å². The van der Waals surface area contributed by atoms with Crippen molar-refractivity contribution in [2.75, 3.05) is 39.4 Å². The van der Waals surface area contributed by atoms with Gasteiger partial charge in [0.15, 0.2) is 0 Å². The van der Waals surface area contributed by atoms with E-state index in [0.717, 1.165) is 44.3 Å². The number of benzene rings is 1. The third kappa shape index (κ3) is 3.37. The van der Waals surface area contributed by atoms with Crippen LogP contribution in [0.2, 0.25) is 0 Å². The van der Waals surface area contributed by atoms with Crippen LogP contribution in [0.5, 0.6) is 0 Å². The Hall–Kier alpha value is -1.88. The summed E-state index contributed by atoms with van der Waals surface area (Å²) < 4.78 is 5.57. The van der Waals surface area contributed by atoms with Crippen LogP contribution in [-0.2, 0) is 20.7 Å². The van der Waals surface area contributed by atoms with E-state index in [1.807, 2.05) is 40.1 Å². The molecule has 140 valence electrons. The van der Waals surface area contributed by atoms with Crippen LogP contribution in [0.3, 0.4) is 0 Å². The van der Waals surface area contributed by atoms with Crippen LogP contribution in [0.25, 0.3) is 0 Å². The van der Waals surface area contributed by atoms with Gasteiger partial charge < -0.3 is 14.5 Å². The minimum Gasteiger partial charge on any atom is -0.381 e. The van der Waals surface area contributed by atoms with E-state index in [0.29, 0.717) is 32.7 Å². The summed E-state index contributed by atoms with van der Waals surface area (Å²) in [6, 6.07) is 9.88. The first-order valence-electron chi connectivity index (χ1n) is 9.86. The molecule has 4 rings (SSSR count). The SMILES string of the molecule is O=C(Cc1ccccc1)N1CC(C(=O)N2CCCC2)C2(CCOCC2)C1. The zero-order chi connectivity index (χ0) is 18.0. The van der Waals surface area contributed by atoms with E-state index in [-0.39, 0.29) is 23.1 Å². The van der Waals surface area contributed by atoms with Crippen molar-refractivity contribution in [3.8, 4) is 0 Å². The molecule has 5 nitrogen and oxygen atoms in total. The van der Waals surface area contributed by atoms with Crippen LogP contribution in [-0.4, -0.2) is 61.0 Å². The van der Waals surface area contributed by atoms with Gasteiger partial charge in [-0.05, 0) is 31.2 Å². The fourth-order valence-electron chi connectivity index (χ4n) is 4.82. The lowest BCUT2D eigenvalue weighted by Crippen LogP contribution is -2.45. The topological polar surface area (TPSA) is 49.9 Å². The molecule has 26 heavy (non-hydrogen) atoms. The average molecular weight is 356 g/mol. The molecule has 0 aliphatic carbocycles. The first kappa shape index (κ1) is 17.5. The Morgan fingerprint density at radius 1 is 1.04 bits per heavy atom. The van der Waals surface area contributed by atoms with Crippen LogP contribution in [0.1, 0.15) is 31.2 Å². The highest BCUT2D eigenvalue weighted by atomic mass is 16.5. The molecule has 1 atom stereocenters. The molecule has 5 heteroatoms. The maximum atomic E-state index is 13.2. The van der Waals surface area contributed by atoms with Crippen molar-refractivity contribution in [2.45, 2.75) is 32.1 Å². The van der Waals surface area contributed by atoms with Crippen LogP contribution < -0.4 is 0 Å². The predicted octanol–water partition coefficient (Wildman–Crippen LogP) is 2.11. The third-order valence-electron chi connectivity index (χ3n) is 6.40. The Kier molecular flexibility index (Phi) is 4.98. The fraction of sp³-hybridized carbons (Fsp3) is 0.619. The predicted molar refractivity (Wildman–Crippen MR) is 98.5 cm³/mol. The maximum absolute atomic E-state index is 13.2. The standard InChI is InChI=1S/C21H28N2O3/c24-19(14-17-6-2-1-3-7-17)23-15-18(20(25)22-10-4-5-11-22)21(16-23)8-12-26-13-9-21/h1-3,6-7,18H,4-5,8-16H2. The summed E-state index contributed by atoms with van der Waals surface area (Å²) in [6.45, 7) is 4.42. The summed E-state index contributed by atoms with van der Waals surface area (Å²) in [7, 11) is 0. The quantitative estimate of drug-likeness (QED) is 0.833. The molecule has 3 aliphatic heterocycles. The number of ether oxygens (including phenoxy) is 1. The van der Waals surface area contributed by atoms with E-state index >= 15 is 0 Å². The molecule has 3 fully saturated rings. The number of amides is 2. The summed E-state index contributed by atoms with van der Waals surface area (Å²) in [5.74, 6) is 0.336. The monoisotopic (exact) mass is 356 g/mol. The second kappa shape index (κ2) is 7.39. The minimum absolute atomic E-state index is 0.0655. The normalized spacial score (nSPS) is 25.0. The van der Waals surface area contributed by atoms with Gasteiger partial charge in [-0.2, -0.15) is 0 Å². The number of carbonyl (C=O) groups is 2. The van der Waals surface area contributed by atoms with Crippen molar-refractivity contribution in [1.29, 1.82) is 0 Å². The molecular weight excluding hydrogens is 328 g/mol. The summed E-state index contributed by atoms with van der Waals surface area (Å²) >= 11 is 0. The van der Waals surface area contributed by atoms with Gasteiger partial charge in [0, 0.05) is 44.8 Å². The molecule has 0 saturated carbocycles. The number of likely N-dealkylation sites (tertiary alicyclic amines) is 2. The highest BCUT2D eigenvalue weighted by molar-refractivity contribution is 5.84.